The maximum absolute atomic E-state index is 11.9. The smallest absolute Gasteiger partial charge is 0.331 e. The zero-order valence-electron chi connectivity index (χ0n) is 12.0. The van der Waals surface area contributed by atoms with Crippen LogP contribution in [0.1, 0.15) is 31.4 Å². The first kappa shape index (κ1) is 15.1. The number of rotatable bonds is 4. The molecule has 2 rings (SSSR count). The molecule has 1 aromatic rings. The van der Waals surface area contributed by atoms with Gasteiger partial charge in [-0.25, -0.2) is 4.79 Å². The SMILES string of the molecule is CCOC(=O)/C=C1\c2c(cccc2OC)CC1(Br)CC. The first-order chi connectivity index (χ1) is 9.55. The van der Waals surface area contributed by atoms with Gasteiger partial charge in [-0.15, -0.1) is 0 Å². The van der Waals surface area contributed by atoms with Crippen molar-refractivity contribution in [1.82, 2.24) is 0 Å². The first-order valence-electron chi connectivity index (χ1n) is 6.79. The Morgan fingerprint density at radius 3 is 2.80 bits per heavy atom. The van der Waals surface area contributed by atoms with Gasteiger partial charge in [-0.1, -0.05) is 35.0 Å². The van der Waals surface area contributed by atoms with E-state index in [9.17, 15) is 4.79 Å². The third-order valence-corrected chi connectivity index (χ3v) is 4.93. The quantitative estimate of drug-likeness (QED) is 0.476. The molecule has 0 spiro atoms. The van der Waals surface area contributed by atoms with Gasteiger partial charge in [0.15, 0.2) is 0 Å². The number of hydrogen-bond acceptors (Lipinski definition) is 3. The van der Waals surface area contributed by atoms with Crippen molar-refractivity contribution < 1.29 is 14.3 Å². The molecule has 1 aromatic carbocycles. The lowest BCUT2D eigenvalue weighted by Crippen LogP contribution is -2.19. The third-order valence-electron chi connectivity index (χ3n) is 3.66. The van der Waals surface area contributed by atoms with Gasteiger partial charge in [-0.2, -0.15) is 0 Å². The van der Waals surface area contributed by atoms with Gasteiger partial charge in [-0.05, 0) is 37.0 Å². The van der Waals surface area contributed by atoms with Gasteiger partial charge in [0, 0.05) is 11.6 Å². The van der Waals surface area contributed by atoms with E-state index in [-0.39, 0.29) is 10.3 Å². The van der Waals surface area contributed by atoms with Crippen LogP contribution in [0.3, 0.4) is 0 Å². The summed E-state index contributed by atoms with van der Waals surface area (Å²) in [5.74, 6) is 0.492. The van der Waals surface area contributed by atoms with Crippen LogP contribution in [0.25, 0.3) is 5.57 Å². The van der Waals surface area contributed by atoms with Crippen LogP contribution in [0.4, 0.5) is 0 Å². The Hall–Kier alpha value is -1.29. The Bertz CT molecular complexity index is 551. The van der Waals surface area contributed by atoms with E-state index in [4.69, 9.17) is 9.47 Å². The van der Waals surface area contributed by atoms with E-state index >= 15 is 0 Å². The first-order valence-corrected chi connectivity index (χ1v) is 7.59. The summed E-state index contributed by atoms with van der Waals surface area (Å²) in [5, 5.41) is 0. The predicted molar refractivity (Wildman–Crippen MR) is 83.3 cm³/mol. The van der Waals surface area contributed by atoms with E-state index in [0.717, 1.165) is 29.7 Å². The lowest BCUT2D eigenvalue weighted by molar-refractivity contribution is -0.137. The van der Waals surface area contributed by atoms with Crippen molar-refractivity contribution in [2.24, 2.45) is 0 Å². The summed E-state index contributed by atoms with van der Waals surface area (Å²) < 4.78 is 10.3. The fourth-order valence-corrected chi connectivity index (χ4v) is 3.25. The van der Waals surface area contributed by atoms with Crippen LogP contribution in [-0.2, 0) is 16.0 Å². The molecule has 0 saturated heterocycles. The lowest BCUT2D eigenvalue weighted by Gasteiger charge is -2.22. The average Bonchev–Trinajstić information content (AvgIpc) is 2.72. The maximum atomic E-state index is 11.9. The molecule has 0 bridgehead atoms. The van der Waals surface area contributed by atoms with E-state index < -0.39 is 0 Å². The minimum Gasteiger partial charge on any atom is -0.496 e. The summed E-state index contributed by atoms with van der Waals surface area (Å²) in [5.41, 5.74) is 3.16. The number of benzene rings is 1. The molecular formula is C16H19BrO3. The number of hydrogen-bond donors (Lipinski definition) is 0. The summed E-state index contributed by atoms with van der Waals surface area (Å²) in [6.07, 6.45) is 3.33. The molecule has 1 aliphatic carbocycles. The summed E-state index contributed by atoms with van der Waals surface area (Å²) >= 11 is 3.80. The van der Waals surface area contributed by atoms with Gasteiger partial charge in [0.2, 0.25) is 0 Å². The molecule has 1 aliphatic rings. The topological polar surface area (TPSA) is 35.5 Å². The van der Waals surface area contributed by atoms with E-state index in [2.05, 4.69) is 28.9 Å². The lowest BCUT2D eigenvalue weighted by atomic mass is 9.96. The van der Waals surface area contributed by atoms with Crippen molar-refractivity contribution in [3.8, 4) is 5.75 Å². The van der Waals surface area contributed by atoms with Crippen molar-refractivity contribution in [2.45, 2.75) is 31.0 Å². The number of ether oxygens (including phenoxy) is 2. The molecule has 0 aliphatic heterocycles. The number of carbonyl (C=O) groups excluding carboxylic acids is 1. The highest BCUT2D eigenvalue weighted by Gasteiger charge is 2.40. The van der Waals surface area contributed by atoms with Crippen LogP contribution >= 0.6 is 15.9 Å². The zero-order valence-corrected chi connectivity index (χ0v) is 13.6. The van der Waals surface area contributed by atoms with Crippen LogP contribution in [0.15, 0.2) is 24.3 Å². The second-order valence-electron chi connectivity index (χ2n) is 4.80. The highest BCUT2D eigenvalue weighted by Crippen LogP contribution is 2.51. The number of alkyl halides is 1. The number of fused-ring (bicyclic) bond motifs is 1. The summed E-state index contributed by atoms with van der Waals surface area (Å²) in [6, 6.07) is 5.98. The summed E-state index contributed by atoms with van der Waals surface area (Å²) in [6.45, 7) is 4.29. The van der Waals surface area contributed by atoms with Crippen LogP contribution in [-0.4, -0.2) is 24.0 Å². The van der Waals surface area contributed by atoms with E-state index in [0.29, 0.717) is 6.61 Å². The van der Waals surface area contributed by atoms with Crippen LogP contribution < -0.4 is 4.74 Å². The minimum atomic E-state index is -0.307. The second kappa shape index (κ2) is 6.00. The van der Waals surface area contributed by atoms with E-state index in [1.54, 1.807) is 20.1 Å². The Morgan fingerprint density at radius 1 is 1.45 bits per heavy atom. The molecule has 20 heavy (non-hydrogen) atoms. The van der Waals surface area contributed by atoms with Gasteiger partial charge < -0.3 is 9.47 Å². The molecule has 1 unspecified atom stereocenters. The standard InChI is InChI=1S/C16H19BrO3/c1-4-16(17)10-11-7-6-8-13(19-3)15(11)12(16)9-14(18)20-5-2/h6-9H,4-5,10H2,1-3H3/b12-9+. The number of halogens is 1. The number of allylic oxidation sites excluding steroid dienone is 1. The molecule has 0 fully saturated rings. The van der Waals surface area contributed by atoms with Gasteiger partial charge in [0.1, 0.15) is 5.75 Å². The monoisotopic (exact) mass is 338 g/mol. The van der Waals surface area contributed by atoms with E-state index in [1.807, 2.05) is 12.1 Å². The molecule has 0 heterocycles. The second-order valence-corrected chi connectivity index (χ2v) is 6.32. The van der Waals surface area contributed by atoms with Crippen molar-refractivity contribution in [3.63, 3.8) is 0 Å². The van der Waals surface area contributed by atoms with Gasteiger partial charge in [0.25, 0.3) is 0 Å². The van der Waals surface area contributed by atoms with Crippen molar-refractivity contribution in [3.05, 3.63) is 35.4 Å². The minimum absolute atomic E-state index is 0.225. The van der Waals surface area contributed by atoms with Gasteiger partial charge in [-0.3, -0.25) is 0 Å². The molecule has 0 amide bonds. The molecule has 0 radical (unpaired) electrons. The number of methoxy groups -OCH3 is 1. The third kappa shape index (κ3) is 2.62. The molecular weight excluding hydrogens is 320 g/mol. The van der Waals surface area contributed by atoms with Crippen LogP contribution in [0, 0.1) is 0 Å². The van der Waals surface area contributed by atoms with Crippen LogP contribution in [0.2, 0.25) is 0 Å². The largest absolute Gasteiger partial charge is 0.496 e. The van der Waals surface area contributed by atoms with Crippen molar-refractivity contribution in [2.75, 3.05) is 13.7 Å². The molecule has 0 aromatic heterocycles. The normalized spacial score (nSPS) is 22.7. The maximum Gasteiger partial charge on any atom is 0.331 e. The number of esters is 1. The zero-order chi connectivity index (χ0) is 14.8. The molecule has 108 valence electrons. The molecule has 3 nitrogen and oxygen atoms in total. The van der Waals surface area contributed by atoms with Gasteiger partial charge >= 0.3 is 5.97 Å². The summed E-state index contributed by atoms with van der Waals surface area (Å²) in [7, 11) is 1.65. The fourth-order valence-electron chi connectivity index (χ4n) is 2.64. The number of carbonyl (C=O) groups is 1. The van der Waals surface area contributed by atoms with Crippen molar-refractivity contribution >= 4 is 27.5 Å². The highest BCUT2D eigenvalue weighted by molar-refractivity contribution is 9.10. The highest BCUT2D eigenvalue weighted by atomic mass is 79.9. The van der Waals surface area contributed by atoms with Gasteiger partial charge in [0.05, 0.1) is 18.0 Å². The average molecular weight is 339 g/mol. The Balaban J connectivity index is 2.55. The van der Waals surface area contributed by atoms with Crippen molar-refractivity contribution in [1.29, 1.82) is 0 Å². The molecule has 0 saturated carbocycles. The fraction of sp³-hybridized carbons (Fsp3) is 0.438. The molecule has 1 atom stereocenters. The summed E-state index contributed by atoms with van der Waals surface area (Å²) in [4.78, 5) is 11.9. The predicted octanol–water partition coefficient (Wildman–Crippen LogP) is 3.74. The van der Waals surface area contributed by atoms with Crippen LogP contribution in [0.5, 0.6) is 5.75 Å². The Labute approximate surface area is 128 Å². The van der Waals surface area contributed by atoms with E-state index in [1.165, 1.54) is 5.56 Å². The molecule has 4 heteroatoms. The Morgan fingerprint density at radius 2 is 2.20 bits per heavy atom. The molecule has 0 N–H and O–H groups in total. The Kier molecular flexibility index (Phi) is 4.53.